The number of carboxylic acid groups (broad SMARTS) is 2. The number of hydrogen-bond donors (Lipinski definition) is 3. The summed E-state index contributed by atoms with van der Waals surface area (Å²) in [5, 5.41) is 23.9. The van der Waals surface area contributed by atoms with Crippen LogP contribution in [0.3, 0.4) is 0 Å². The lowest BCUT2D eigenvalue weighted by Crippen LogP contribution is -2.24. The maximum absolute atomic E-state index is 10.4. The molecule has 0 aromatic heterocycles. The normalized spacial score (nSPS) is 12.1. The van der Waals surface area contributed by atoms with E-state index in [4.69, 9.17) is 15.6 Å². The first-order valence-electron chi connectivity index (χ1n) is 3.51. The van der Waals surface area contributed by atoms with Crippen molar-refractivity contribution in [3.63, 3.8) is 0 Å². The Hall–Kier alpha value is -1.39. The molecule has 0 saturated heterocycles. The van der Waals surface area contributed by atoms with Gasteiger partial charge in [0.25, 0.3) is 0 Å². The number of carboxylic acids is 2. The first kappa shape index (κ1) is 10.6. The molecule has 0 aromatic rings. The summed E-state index contributed by atoms with van der Waals surface area (Å²) in [7, 11) is 0. The Morgan fingerprint density at radius 1 is 1.42 bits per heavy atom. The van der Waals surface area contributed by atoms with Crippen LogP contribution in [0.4, 0.5) is 0 Å². The van der Waals surface area contributed by atoms with Crippen LogP contribution in [0, 0.1) is 11.3 Å². The third-order valence-corrected chi connectivity index (χ3v) is 1.47. The summed E-state index contributed by atoms with van der Waals surface area (Å²) in [6.07, 6.45) is -0.244. The van der Waals surface area contributed by atoms with E-state index in [1.807, 2.05) is 0 Å². The predicted octanol–water partition coefficient (Wildman–Crippen LogP) is 0.592. The number of aliphatic carboxylic acids is 2. The molecule has 0 heterocycles. The molecule has 0 bridgehead atoms. The van der Waals surface area contributed by atoms with Crippen LogP contribution in [-0.4, -0.2) is 27.9 Å². The van der Waals surface area contributed by atoms with Gasteiger partial charge >= 0.3 is 11.9 Å². The van der Waals surface area contributed by atoms with Crippen LogP contribution < -0.4 is 0 Å². The molecule has 0 aliphatic carbocycles. The van der Waals surface area contributed by atoms with Crippen LogP contribution >= 0.6 is 0 Å². The Morgan fingerprint density at radius 3 is 2.17 bits per heavy atom. The monoisotopic (exact) mass is 173 g/mol. The number of hydrogen-bond acceptors (Lipinski definition) is 3. The molecular formula is C7H11NO4. The van der Waals surface area contributed by atoms with Crippen molar-refractivity contribution in [2.24, 2.45) is 5.92 Å². The summed E-state index contributed by atoms with van der Waals surface area (Å²) in [5.74, 6) is -3.26. The van der Waals surface area contributed by atoms with Crippen LogP contribution in [0.1, 0.15) is 19.8 Å². The van der Waals surface area contributed by atoms with Gasteiger partial charge in [-0.1, -0.05) is 6.92 Å². The molecule has 1 atom stereocenters. The van der Waals surface area contributed by atoms with Crippen LogP contribution in [0.25, 0.3) is 0 Å². The minimum absolute atomic E-state index is 0.251. The lowest BCUT2D eigenvalue weighted by Gasteiger charge is -2.08. The fourth-order valence-corrected chi connectivity index (χ4v) is 0.856. The van der Waals surface area contributed by atoms with E-state index in [1.54, 1.807) is 6.92 Å². The van der Waals surface area contributed by atoms with Crippen molar-refractivity contribution in [2.45, 2.75) is 19.8 Å². The lowest BCUT2D eigenvalue weighted by molar-refractivity contribution is -0.139. The summed E-state index contributed by atoms with van der Waals surface area (Å²) in [6.45, 7) is 1.61. The molecule has 0 rings (SSSR count). The third-order valence-electron chi connectivity index (χ3n) is 1.47. The highest BCUT2D eigenvalue weighted by Crippen LogP contribution is 2.07. The van der Waals surface area contributed by atoms with E-state index >= 15 is 0 Å². The van der Waals surface area contributed by atoms with Crippen molar-refractivity contribution in [3.05, 3.63) is 0 Å². The number of nitrogens with one attached hydrogen (secondary N) is 1. The average molecular weight is 173 g/mol. The van der Waals surface area contributed by atoms with Crippen molar-refractivity contribution < 1.29 is 19.8 Å². The molecule has 68 valence electrons. The molecular weight excluding hydrogens is 162 g/mol. The van der Waals surface area contributed by atoms with Crippen molar-refractivity contribution in [1.29, 1.82) is 5.41 Å². The van der Waals surface area contributed by atoms with E-state index in [1.165, 1.54) is 0 Å². The molecule has 0 saturated carbocycles. The Bertz CT molecular complexity index is 211. The highest BCUT2D eigenvalue weighted by atomic mass is 16.4. The fraction of sp³-hybridized carbons (Fsp3) is 0.571. The minimum Gasteiger partial charge on any atom is -0.481 e. The molecule has 0 amide bonds. The van der Waals surface area contributed by atoms with Gasteiger partial charge in [-0.2, -0.15) is 0 Å². The largest absolute Gasteiger partial charge is 0.481 e. The molecule has 0 radical (unpaired) electrons. The van der Waals surface area contributed by atoms with Gasteiger partial charge in [-0.05, 0) is 6.42 Å². The maximum atomic E-state index is 10.4. The second kappa shape index (κ2) is 4.48. The van der Waals surface area contributed by atoms with Crippen molar-refractivity contribution in [3.8, 4) is 0 Å². The van der Waals surface area contributed by atoms with Gasteiger partial charge in [0, 0.05) is 5.71 Å². The first-order chi connectivity index (χ1) is 5.49. The van der Waals surface area contributed by atoms with E-state index in [-0.39, 0.29) is 12.1 Å². The molecule has 0 fully saturated rings. The quantitative estimate of drug-likeness (QED) is 0.530. The standard InChI is InChI=1S/C7H11NO4/c1-2-4(7(11)12)5(8)3-6(9)10/h4,8H,2-3H2,1H3,(H,9,10)(H,11,12). The summed E-state index contributed by atoms with van der Waals surface area (Å²) in [4.78, 5) is 20.5. The van der Waals surface area contributed by atoms with Gasteiger partial charge in [-0.25, -0.2) is 0 Å². The topological polar surface area (TPSA) is 98.5 Å². The predicted molar refractivity (Wildman–Crippen MR) is 41.4 cm³/mol. The highest BCUT2D eigenvalue weighted by molar-refractivity contribution is 6.06. The van der Waals surface area contributed by atoms with Crippen LogP contribution in [0.2, 0.25) is 0 Å². The van der Waals surface area contributed by atoms with E-state index < -0.39 is 24.3 Å². The van der Waals surface area contributed by atoms with Gasteiger partial charge in [-0.3, -0.25) is 9.59 Å². The van der Waals surface area contributed by atoms with E-state index in [0.717, 1.165) is 0 Å². The molecule has 1 unspecified atom stereocenters. The Morgan fingerprint density at radius 2 is 1.92 bits per heavy atom. The van der Waals surface area contributed by atoms with Crippen LogP contribution in [-0.2, 0) is 9.59 Å². The second-order valence-corrected chi connectivity index (χ2v) is 2.39. The van der Waals surface area contributed by atoms with E-state index in [9.17, 15) is 9.59 Å². The molecule has 0 spiro atoms. The molecule has 0 aliphatic rings. The minimum atomic E-state index is -1.17. The molecule has 0 aromatic carbocycles. The number of rotatable bonds is 5. The Labute approximate surface area is 69.5 Å². The van der Waals surface area contributed by atoms with Gasteiger partial charge in [-0.15, -0.1) is 0 Å². The molecule has 5 nitrogen and oxygen atoms in total. The Balaban J connectivity index is 4.22. The first-order valence-corrected chi connectivity index (χ1v) is 3.51. The van der Waals surface area contributed by atoms with E-state index in [0.29, 0.717) is 0 Å². The van der Waals surface area contributed by atoms with Crippen molar-refractivity contribution >= 4 is 17.7 Å². The average Bonchev–Trinajstić information content (AvgIpc) is 1.85. The second-order valence-electron chi connectivity index (χ2n) is 2.39. The van der Waals surface area contributed by atoms with E-state index in [2.05, 4.69) is 0 Å². The van der Waals surface area contributed by atoms with Gasteiger partial charge < -0.3 is 15.6 Å². The molecule has 12 heavy (non-hydrogen) atoms. The zero-order valence-corrected chi connectivity index (χ0v) is 6.70. The third kappa shape index (κ3) is 3.14. The van der Waals surface area contributed by atoms with Crippen molar-refractivity contribution in [1.82, 2.24) is 0 Å². The molecule has 3 N–H and O–H groups in total. The zero-order valence-electron chi connectivity index (χ0n) is 6.70. The summed E-state index contributed by atoms with van der Waals surface area (Å²) >= 11 is 0. The zero-order chi connectivity index (χ0) is 9.72. The smallest absolute Gasteiger partial charge is 0.312 e. The van der Waals surface area contributed by atoms with Gasteiger partial charge in [0.05, 0.1) is 12.3 Å². The fourth-order valence-electron chi connectivity index (χ4n) is 0.856. The molecule has 0 aliphatic heterocycles. The van der Waals surface area contributed by atoms with Crippen molar-refractivity contribution in [2.75, 3.05) is 0 Å². The highest BCUT2D eigenvalue weighted by Gasteiger charge is 2.21. The maximum Gasteiger partial charge on any atom is 0.312 e. The van der Waals surface area contributed by atoms with Crippen LogP contribution in [0.5, 0.6) is 0 Å². The van der Waals surface area contributed by atoms with Gasteiger partial charge in [0.2, 0.25) is 0 Å². The lowest BCUT2D eigenvalue weighted by atomic mass is 9.98. The Kier molecular flexibility index (Phi) is 3.96. The summed E-state index contributed by atoms with van der Waals surface area (Å²) in [5.41, 5.74) is -0.252. The van der Waals surface area contributed by atoms with Gasteiger partial charge in [0.1, 0.15) is 0 Å². The van der Waals surface area contributed by atoms with Crippen LogP contribution in [0.15, 0.2) is 0 Å². The summed E-state index contributed by atoms with van der Waals surface area (Å²) < 4.78 is 0. The summed E-state index contributed by atoms with van der Waals surface area (Å²) in [6, 6.07) is 0. The SMILES string of the molecule is CCC(C(=N)CC(=O)O)C(=O)O. The number of carbonyl (C=O) groups is 2. The molecule has 5 heteroatoms. The van der Waals surface area contributed by atoms with Gasteiger partial charge in [0.15, 0.2) is 0 Å².